The lowest BCUT2D eigenvalue weighted by molar-refractivity contribution is -0.125. The van der Waals surface area contributed by atoms with Crippen molar-refractivity contribution in [3.05, 3.63) is 48.5 Å². The third-order valence-electron chi connectivity index (χ3n) is 5.32. The van der Waals surface area contributed by atoms with E-state index in [-0.39, 0.29) is 23.7 Å². The van der Waals surface area contributed by atoms with Crippen molar-refractivity contribution < 1.29 is 19.1 Å². The lowest BCUT2D eigenvalue weighted by Gasteiger charge is -2.27. The maximum atomic E-state index is 12.6. The molecule has 1 saturated carbocycles. The molecular weight excluding hydrogens is 356 g/mol. The van der Waals surface area contributed by atoms with Crippen molar-refractivity contribution in [3.8, 4) is 11.5 Å². The van der Waals surface area contributed by atoms with Gasteiger partial charge in [0.1, 0.15) is 13.2 Å². The molecule has 2 aliphatic rings. The number of nitrogens with one attached hydrogen (secondary N) is 2. The van der Waals surface area contributed by atoms with Gasteiger partial charge < -0.3 is 20.1 Å². The Morgan fingerprint density at radius 1 is 0.714 bits per heavy atom. The van der Waals surface area contributed by atoms with E-state index >= 15 is 0 Å². The van der Waals surface area contributed by atoms with Crippen molar-refractivity contribution in [1.29, 1.82) is 0 Å². The third-order valence-corrected chi connectivity index (χ3v) is 5.32. The largest absolute Gasteiger partial charge is 0.486 e. The van der Waals surface area contributed by atoms with E-state index in [9.17, 15) is 9.59 Å². The number of carbonyl (C=O) groups is 2. The lowest BCUT2D eigenvalue weighted by Crippen LogP contribution is -2.32. The Balaban J connectivity index is 1.28. The van der Waals surface area contributed by atoms with Crippen LogP contribution in [0.2, 0.25) is 0 Å². The topological polar surface area (TPSA) is 76.7 Å². The Hall–Kier alpha value is -3.02. The zero-order valence-electron chi connectivity index (χ0n) is 15.6. The first-order chi connectivity index (χ1) is 13.7. The Bertz CT molecular complexity index is 845. The Morgan fingerprint density at radius 2 is 1.29 bits per heavy atom. The van der Waals surface area contributed by atoms with Gasteiger partial charge in [-0.25, -0.2) is 0 Å². The van der Waals surface area contributed by atoms with Crippen LogP contribution in [0.15, 0.2) is 48.5 Å². The van der Waals surface area contributed by atoms with Gasteiger partial charge in [-0.2, -0.15) is 0 Å². The van der Waals surface area contributed by atoms with E-state index in [1.165, 1.54) is 0 Å². The first kappa shape index (κ1) is 18.3. The van der Waals surface area contributed by atoms with Crippen LogP contribution in [0.4, 0.5) is 11.4 Å². The van der Waals surface area contributed by atoms with Gasteiger partial charge in [0.25, 0.3) is 0 Å². The number of fused-ring (bicyclic) bond motifs is 1. The fourth-order valence-corrected chi connectivity index (χ4v) is 3.75. The molecular formula is C22H24N2O4. The minimum absolute atomic E-state index is 0.00130. The normalized spacial score (nSPS) is 20.9. The standard InChI is InChI=1S/C22H24N2O4/c25-21(23-17-4-2-1-3-5-17)15-6-8-16(9-7-15)22(26)24-18-10-11-19-20(14-18)28-13-12-27-19/h1-5,10-11,14-16H,6-9,12-13H2,(H,23,25)(H,24,26). The predicted octanol–water partition coefficient (Wildman–Crippen LogP) is 3.84. The zero-order chi connectivity index (χ0) is 19.3. The number of hydrogen-bond donors (Lipinski definition) is 2. The summed E-state index contributed by atoms with van der Waals surface area (Å²) in [6.45, 7) is 1.05. The molecule has 0 aromatic heterocycles. The van der Waals surface area contributed by atoms with E-state index in [0.717, 1.165) is 18.5 Å². The van der Waals surface area contributed by atoms with Crippen LogP contribution >= 0.6 is 0 Å². The number of rotatable bonds is 4. The van der Waals surface area contributed by atoms with Gasteiger partial charge in [-0.3, -0.25) is 9.59 Å². The summed E-state index contributed by atoms with van der Waals surface area (Å²) < 4.78 is 11.1. The highest BCUT2D eigenvalue weighted by Crippen LogP contribution is 2.34. The SMILES string of the molecule is O=C(Nc1ccccc1)C1CCC(C(=O)Nc2ccc3c(c2)OCCO3)CC1. The average Bonchev–Trinajstić information content (AvgIpc) is 2.74. The molecule has 0 saturated heterocycles. The van der Waals surface area contributed by atoms with Gasteiger partial charge >= 0.3 is 0 Å². The van der Waals surface area contributed by atoms with Crippen LogP contribution in [0.25, 0.3) is 0 Å². The summed E-state index contributed by atoms with van der Waals surface area (Å²) in [5, 5.41) is 5.93. The Labute approximate surface area is 164 Å². The van der Waals surface area contributed by atoms with Gasteiger partial charge in [-0.1, -0.05) is 18.2 Å². The monoisotopic (exact) mass is 380 g/mol. The highest BCUT2D eigenvalue weighted by molar-refractivity contribution is 5.94. The number of amides is 2. The summed E-state index contributed by atoms with van der Waals surface area (Å²) in [7, 11) is 0. The quantitative estimate of drug-likeness (QED) is 0.845. The maximum Gasteiger partial charge on any atom is 0.227 e. The van der Waals surface area contributed by atoms with Crippen LogP contribution in [0.5, 0.6) is 11.5 Å². The van der Waals surface area contributed by atoms with Gasteiger partial charge in [0.2, 0.25) is 11.8 Å². The molecule has 6 heteroatoms. The van der Waals surface area contributed by atoms with Crippen LogP contribution in [0.3, 0.4) is 0 Å². The second-order valence-corrected chi connectivity index (χ2v) is 7.25. The second kappa shape index (κ2) is 8.33. The van der Waals surface area contributed by atoms with Crippen molar-refractivity contribution in [2.75, 3.05) is 23.8 Å². The summed E-state index contributed by atoms with van der Waals surface area (Å²) in [5.41, 5.74) is 1.52. The lowest BCUT2D eigenvalue weighted by atomic mass is 9.81. The van der Waals surface area contributed by atoms with Gasteiger partial charge in [0.05, 0.1) is 0 Å². The fraction of sp³-hybridized carbons (Fsp3) is 0.364. The van der Waals surface area contributed by atoms with Crippen molar-refractivity contribution in [2.45, 2.75) is 25.7 Å². The number of benzene rings is 2. The van der Waals surface area contributed by atoms with Crippen molar-refractivity contribution in [1.82, 2.24) is 0 Å². The summed E-state index contributed by atoms with van der Waals surface area (Å²) >= 11 is 0. The molecule has 2 aromatic carbocycles. The molecule has 1 aliphatic carbocycles. The van der Waals surface area contributed by atoms with Crippen LogP contribution in [0.1, 0.15) is 25.7 Å². The molecule has 2 amide bonds. The molecule has 2 aromatic rings. The molecule has 1 aliphatic heterocycles. The first-order valence-corrected chi connectivity index (χ1v) is 9.75. The summed E-state index contributed by atoms with van der Waals surface area (Å²) in [6, 6.07) is 14.9. The van der Waals surface area contributed by atoms with Gasteiger partial charge in [0, 0.05) is 29.3 Å². The zero-order valence-corrected chi connectivity index (χ0v) is 15.6. The van der Waals surface area contributed by atoms with E-state index < -0.39 is 0 Å². The van der Waals surface area contributed by atoms with Crippen molar-refractivity contribution in [3.63, 3.8) is 0 Å². The highest BCUT2D eigenvalue weighted by atomic mass is 16.6. The molecule has 0 unspecified atom stereocenters. The highest BCUT2D eigenvalue weighted by Gasteiger charge is 2.30. The van der Waals surface area contributed by atoms with Gasteiger partial charge in [-0.05, 0) is 49.9 Å². The Kier molecular flexibility index (Phi) is 5.46. The molecule has 1 fully saturated rings. The minimum atomic E-state index is -0.0750. The van der Waals surface area contributed by atoms with Gasteiger partial charge in [-0.15, -0.1) is 0 Å². The van der Waals surface area contributed by atoms with Crippen molar-refractivity contribution in [2.24, 2.45) is 11.8 Å². The van der Waals surface area contributed by atoms with E-state index in [2.05, 4.69) is 10.6 Å². The molecule has 146 valence electrons. The van der Waals surface area contributed by atoms with Crippen LogP contribution in [0, 0.1) is 11.8 Å². The summed E-state index contributed by atoms with van der Waals surface area (Å²) in [4.78, 5) is 25.1. The molecule has 0 atom stereocenters. The predicted molar refractivity (Wildman–Crippen MR) is 107 cm³/mol. The molecule has 0 spiro atoms. The van der Waals surface area contributed by atoms with Crippen LogP contribution in [-0.2, 0) is 9.59 Å². The minimum Gasteiger partial charge on any atom is -0.486 e. The van der Waals surface area contributed by atoms with E-state index in [0.29, 0.717) is 43.2 Å². The third kappa shape index (κ3) is 4.27. The number of para-hydroxylation sites is 1. The molecule has 0 radical (unpaired) electrons. The van der Waals surface area contributed by atoms with Gasteiger partial charge in [0.15, 0.2) is 11.5 Å². The van der Waals surface area contributed by atoms with Crippen LogP contribution in [-0.4, -0.2) is 25.0 Å². The molecule has 28 heavy (non-hydrogen) atoms. The fourth-order valence-electron chi connectivity index (χ4n) is 3.75. The molecule has 2 N–H and O–H groups in total. The first-order valence-electron chi connectivity index (χ1n) is 9.75. The number of ether oxygens (including phenoxy) is 2. The van der Waals surface area contributed by atoms with Crippen molar-refractivity contribution >= 4 is 23.2 Å². The summed E-state index contributed by atoms with van der Waals surface area (Å²) in [6.07, 6.45) is 2.86. The van der Waals surface area contributed by atoms with E-state index in [4.69, 9.17) is 9.47 Å². The smallest absolute Gasteiger partial charge is 0.227 e. The second-order valence-electron chi connectivity index (χ2n) is 7.25. The molecule has 1 heterocycles. The Morgan fingerprint density at radius 3 is 1.93 bits per heavy atom. The van der Waals surface area contributed by atoms with E-state index in [1.54, 1.807) is 6.07 Å². The molecule has 4 rings (SSSR count). The number of hydrogen-bond acceptors (Lipinski definition) is 4. The van der Waals surface area contributed by atoms with Crippen LogP contribution < -0.4 is 20.1 Å². The summed E-state index contributed by atoms with van der Waals surface area (Å²) in [5.74, 6) is 1.28. The maximum absolute atomic E-state index is 12.6. The number of anilines is 2. The molecule has 0 bridgehead atoms. The van der Waals surface area contributed by atoms with E-state index in [1.807, 2.05) is 42.5 Å². The molecule has 6 nitrogen and oxygen atoms in total. The number of carbonyl (C=O) groups excluding carboxylic acids is 2. The average molecular weight is 380 g/mol.